The van der Waals surface area contributed by atoms with E-state index in [1.54, 1.807) is 0 Å². The third-order valence-corrected chi connectivity index (χ3v) is 3.32. The molecule has 2 heterocycles. The van der Waals surface area contributed by atoms with E-state index in [1.807, 2.05) is 24.8 Å². The lowest BCUT2D eigenvalue weighted by Crippen LogP contribution is -2.52. The van der Waals surface area contributed by atoms with Crippen LogP contribution in [-0.4, -0.2) is 46.7 Å². The Morgan fingerprint density at radius 2 is 2.26 bits per heavy atom. The van der Waals surface area contributed by atoms with E-state index in [4.69, 9.17) is 0 Å². The summed E-state index contributed by atoms with van der Waals surface area (Å²) in [6, 6.07) is 2.08. The van der Waals surface area contributed by atoms with Crippen LogP contribution in [0.25, 0.3) is 0 Å². The first-order valence-electron chi connectivity index (χ1n) is 6.48. The lowest BCUT2D eigenvalue weighted by molar-refractivity contribution is 0.0653. The van der Waals surface area contributed by atoms with E-state index in [1.165, 1.54) is 0 Å². The van der Waals surface area contributed by atoms with Gasteiger partial charge in [0.15, 0.2) is 0 Å². The second-order valence-corrected chi connectivity index (χ2v) is 4.75. The average Bonchev–Trinajstić information content (AvgIpc) is 2.38. The van der Waals surface area contributed by atoms with Crippen molar-refractivity contribution in [1.29, 1.82) is 0 Å². The monoisotopic (exact) mass is 284 g/mol. The number of aromatic nitrogens is 2. The van der Waals surface area contributed by atoms with Crippen LogP contribution in [-0.2, 0) is 6.42 Å². The fourth-order valence-corrected chi connectivity index (χ4v) is 2.26. The maximum atomic E-state index is 12.6. The summed E-state index contributed by atoms with van der Waals surface area (Å²) in [5.41, 5.74) is 2.29. The Hall–Kier alpha value is -1.20. The van der Waals surface area contributed by atoms with E-state index in [0.29, 0.717) is 5.56 Å². The number of nitrogens with zero attached hydrogens (tertiary/aromatic N) is 3. The maximum Gasteiger partial charge on any atom is 0.256 e. The minimum absolute atomic E-state index is 0. The van der Waals surface area contributed by atoms with E-state index in [9.17, 15) is 4.79 Å². The zero-order chi connectivity index (χ0) is 13.1. The Morgan fingerprint density at radius 3 is 2.89 bits per heavy atom. The zero-order valence-electron chi connectivity index (χ0n) is 11.6. The highest BCUT2D eigenvalue weighted by atomic mass is 35.5. The number of piperazine rings is 1. The van der Waals surface area contributed by atoms with Crippen molar-refractivity contribution in [2.75, 3.05) is 19.6 Å². The Morgan fingerprint density at radius 1 is 1.53 bits per heavy atom. The van der Waals surface area contributed by atoms with E-state index >= 15 is 0 Å². The Balaban J connectivity index is 0.00000180. The summed E-state index contributed by atoms with van der Waals surface area (Å²) in [6.45, 7) is 8.39. The second kappa shape index (κ2) is 6.82. The number of hydrogen-bond acceptors (Lipinski definition) is 4. The quantitative estimate of drug-likeness (QED) is 0.887. The summed E-state index contributed by atoms with van der Waals surface area (Å²) in [5.74, 6) is 0.0823. The lowest BCUT2D eigenvalue weighted by Gasteiger charge is -2.34. The molecule has 1 N–H and O–H groups in total. The smallest absolute Gasteiger partial charge is 0.256 e. The van der Waals surface area contributed by atoms with Crippen molar-refractivity contribution in [3.8, 4) is 0 Å². The van der Waals surface area contributed by atoms with Crippen LogP contribution >= 0.6 is 12.4 Å². The fraction of sp³-hybridized carbons (Fsp3) is 0.615. The van der Waals surface area contributed by atoms with Crippen molar-refractivity contribution >= 4 is 18.3 Å². The predicted molar refractivity (Wildman–Crippen MR) is 76.8 cm³/mol. The molecule has 2 rings (SSSR count). The molecule has 0 aliphatic carbocycles. The van der Waals surface area contributed by atoms with Gasteiger partial charge in [0.2, 0.25) is 0 Å². The van der Waals surface area contributed by atoms with Gasteiger partial charge in [-0.15, -0.1) is 12.4 Å². The van der Waals surface area contributed by atoms with Crippen LogP contribution in [0.2, 0.25) is 0 Å². The number of carbonyl (C=O) groups excluding carboxylic acids is 1. The number of aryl methyl sites for hydroxylation is 2. The van der Waals surface area contributed by atoms with Crippen LogP contribution in [0.15, 0.2) is 6.07 Å². The maximum absolute atomic E-state index is 12.6. The Labute approximate surface area is 120 Å². The molecular formula is C13H21ClN4O. The van der Waals surface area contributed by atoms with Crippen LogP contribution in [0.3, 0.4) is 0 Å². The van der Waals surface area contributed by atoms with Gasteiger partial charge >= 0.3 is 0 Å². The summed E-state index contributed by atoms with van der Waals surface area (Å²) in [6.07, 6.45) is 0.731. The first-order valence-corrected chi connectivity index (χ1v) is 6.48. The average molecular weight is 285 g/mol. The van der Waals surface area contributed by atoms with Crippen LogP contribution < -0.4 is 5.32 Å². The van der Waals surface area contributed by atoms with Crippen molar-refractivity contribution in [1.82, 2.24) is 20.4 Å². The molecule has 1 fully saturated rings. The minimum atomic E-state index is 0. The molecule has 1 aromatic heterocycles. The number of halogens is 1. The molecule has 1 amide bonds. The minimum Gasteiger partial charge on any atom is -0.333 e. The van der Waals surface area contributed by atoms with Crippen molar-refractivity contribution < 1.29 is 4.79 Å². The van der Waals surface area contributed by atoms with E-state index in [0.717, 1.165) is 37.4 Å². The number of nitrogens with one attached hydrogen (secondary N) is 1. The highest BCUT2D eigenvalue weighted by Crippen LogP contribution is 2.14. The topological polar surface area (TPSA) is 58.1 Å². The molecule has 19 heavy (non-hydrogen) atoms. The van der Waals surface area contributed by atoms with Gasteiger partial charge < -0.3 is 10.2 Å². The highest BCUT2D eigenvalue weighted by molar-refractivity contribution is 5.95. The molecule has 6 heteroatoms. The summed E-state index contributed by atoms with van der Waals surface area (Å²) < 4.78 is 0. The summed E-state index contributed by atoms with van der Waals surface area (Å²) >= 11 is 0. The molecule has 5 nitrogen and oxygen atoms in total. The Kier molecular flexibility index (Phi) is 5.69. The molecule has 0 bridgehead atoms. The number of rotatable bonds is 2. The number of amides is 1. The molecule has 0 aromatic carbocycles. The predicted octanol–water partition coefficient (Wildman–Crippen LogP) is 1.20. The molecule has 0 radical (unpaired) electrons. The van der Waals surface area contributed by atoms with Crippen LogP contribution in [0.1, 0.15) is 35.6 Å². The first kappa shape index (κ1) is 15.9. The third-order valence-electron chi connectivity index (χ3n) is 3.32. The summed E-state index contributed by atoms with van der Waals surface area (Å²) in [5, 5.41) is 11.4. The van der Waals surface area contributed by atoms with Gasteiger partial charge in [0.05, 0.1) is 17.0 Å². The van der Waals surface area contributed by atoms with Crippen molar-refractivity contribution in [3.05, 3.63) is 23.0 Å². The van der Waals surface area contributed by atoms with Gasteiger partial charge in [0, 0.05) is 25.7 Å². The Bertz CT molecular complexity index is 452. The molecule has 0 unspecified atom stereocenters. The second-order valence-electron chi connectivity index (χ2n) is 4.75. The standard InChI is InChI=1S/C13H20N4O.ClH/c1-4-12-11(7-9(2)15-16-12)13(18)17-6-5-14-8-10(17)3;/h7,10,14H,4-6,8H2,1-3H3;1H/t10-;/m1./s1. The van der Waals surface area contributed by atoms with Crippen LogP contribution in [0.5, 0.6) is 0 Å². The summed E-state index contributed by atoms with van der Waals surface area (Å²) in [4.78, 5) is 14.5. The highest BCUT2D eigenvalue weighted by Gasteiger charge is 2.26. The third kappa shape index (κ3) is 3.42. The molecule has 1 atom stereocenters. The van der Waals surface area contributed by atoms with Gasteiger partial charge in [-0.05, 0) is 26.3 Å². The SMILES string of the molecule is CCc1nnc(C)cc1C(=O)N1CCNC[C@H]1C.Cl. The molecule has 106 valence electrons. The molecular weight excluding hydrogens is 264 g/mol. The van der Waals surface area contributed by atoms with Gasteiger partial charge in [-0.2, -0.15) is 10.2 Å². The van der Waals surface area contributed by atoms with Gasteiger partial charge in [0.25, 0.3) is 5.91 Å². The lowest BCUT2D eigenvalue weighted by atomic mass is 10.1. The van der Waals surface area contributed by atoms with E-state index < -0.39 is 0 Å². The fourth-order valence-electron chi connectivity index (χ4n) is 2.26. The number of hydrogen-bond donors (Lipinski definition) is 1. The van der Waals surface area contributed by atoms with Gasteiger partial charge in [-0.3, -0.25) is 4.79 Å². The van der Waals surface area contributed by atoms with Crippen molar-refractivity contribution in [2.45, 2.75) is 33.2 Å². The largest absolute Gasteiger partial charge is 0.333 e. The zero-order valence-corrected chi connectivity index (χ0v) is 12.5. The molecule has 0 spiro atoms. The van der Waals surface area contributed by atoms with Crippen molar-refractivity contribution in [2.24, 2.45) is 0 Å². The van der Waals surface area contributed by atoms with Crippen molar-refractivity contribution in [3.63, 3.8) is 0 Å². The normalized spacial score (nSPS) is 18.9. The van der Waals surface area contributed by atoms with Crippen LogP contribution in [0, 0.1) is 6.92 Å². The first-order chi connectivity index (χ1) is 8.63. The van der Waals surface area contributed by atoms with E-state index in [-0.39, 0.29) is 24.4 Å². The van der Waals surface area contributed by atoms with Crippen LogP contribution in [0.4, 0.5) is 0 Å². The van der Waals surface area contributed by atoms with Gasteiger partial charge in [-0.25, -0.2) is 0 Å². The molecule has 1 aromatic rings. The molecule has 1 saturated heterocycles. The van der Waals surface area contributed by atoms with Gasteiger partial charge in [-0.1, -0.05) is 6.92 Å². The molecule has 0 saturated carbocycles. The molecule has 1 aliphatic heterocycles. The van der Waals surface area contributed by atoms with Gasteiger partial charge in [0.1, 0.15) is 0 Å². The van der Waals surface area contributed by atoms with E-state index in [2.05, 4.69) is 22.4 Å². The summed E-state index contributed by atoms with van der Waals surface area (Å²) in [7, 11) is 0. The number of carbonyl (C=O) groups is 1. The molecule has 1 aliphatic rings.